The zero-order valence-corrected chi connectivity index (χ0v) is 10.7. The number of carbonyl (C=O) groups is 1. The lowest BCUT2D eigenvalue weighted by Gasteiger charge is -2.14. The molecule has 3 rings (SSSR count). The zero-order chi connectivity index (χ0) is 12.8. The van der Waals surface area contributed by atoms with Crippen molar-refractivity contribution in [3.8, 4) is 5.75 Å². The van der Waals surface area contributed by atoms with Gasteiger partial charge in [0.1, 0.15) is 11.9 Å². The molecule has 0 spiro atoms. The highest BCUT2D eigenvalue weighted by molar-refractivity contribution is 7.91. The minimum Gasteiger partial charge on any atom is -0.489 e. The Morgan fingerprint density at radius 3 is 2.78 bits per heavy atom. The number of ether oxygens (including phenoxy) is 1. The first-order valence-electron chi connectivity index (χ1n) is 6.07. The van der Waals surface area contributed by atoms with E-state index in [1.807, 2.05) is 12.1 Å². The lowest BCUT2D eigenvalue weighted by molar-refractivity contribution is 0.0994. The molecule has 18 heavy (non-hydrogen) atoms. The van der Waals surface area contributed by atoms with Crippen LogP contribution in [0, 0.1) is 0 Å². The topological polar surface area (TPSA) is 60.4 Å². The highest BCUT2D eigenvalue weighted by Crippen LogP contribution is 2.32. The third-order valence-corrected chi connectivity index (χ3v) is 5.26. The summed E-state index contributed by atoms with van der Waals surface area (Å²) in [6.07, 6.45) is 1.50. The van der Waals surface area contributed by atoms with Crippen molar-refractivity contribution < 1.29 is 17.9 Å². The standard InChI is InChI=1S/C13H14O4S/c14-12-5-4-11-10(12)2-1-3-13(11)17-9-6-7-18(15,16)8-9/h1-3,9H,4-8H2. The van der Waals surface area contributed by atoms with Crippen LogP contribution in [0.4, 0.5) is 0 Å². The van der Waals surface area contributed by atoms with E-state index in [1.54, 1.807) is 6.07 Å². The maximum absolute atomic E-state index is 11.6. The van der Waals surface area contributed by atoms with Gasteiger partial charge in [0.15, 0.2) is 15.6 Å². The molecule has 0 N–H and O–H groups in total. The average molecular weight is 266 g/mol. The monoisotopic (exact) mass is 266 g/mol. The number of fused-ring (bicyclic) bond motifs is 1. The molecule has 0 saturated carbocycles. The van der Waals surface area contributed by atoms with Crippen LogP contribution in [0.2, 0.25) is 0 Å². The van der Waals surface area contributed by atoms with Crippen molar-refractivity contribution in [2.24, 2.45) is 0 Å². The van der Waals surface area contributed by atoms with Gasteiger partial charge in [-0.3, -0.25) is 4.79 Å². The largest absolute Gasteiger partial charge is 0.489 e. The Kier molecular flexibility index (Phi) is 2.66. The van der Waals surface area contributed by atoms with Crippen molar-refractivity contribution in [3.05, 3.63) is 29.3 Å². The molecule has 1 aromatic rings. The van der Waals surface area contributed by atoms with Crippen molar-refractivity contribution >= 4 is 15.6 Å². The van der Waals surface area contributed by atoms with Crippen LogP contribution in [0.5, 0.6) is 5.75 Å². The Morgan fingerprint density at radius 1 is 1.22 bits per heavy atom. The SMILES string of the molecule is O=C1CCc2c(OC3CCS(=O)(=O)C3)cccc21. The van der Waals surface area contributed by atoms with Crippen LogP contribution >= 0.6 is 0 Å². The van der Waals surface area contributed by atoms with Crippen LogP contribution < -0.4 is 4.74 Å². The molecular weight excluding hydrogens is 252 g/mol. The van der Waals surface area contributed by atoms with Gasteiger partial charge in [-0.1, -0.05) is 12.1 Å². The van der Waals surface area contributed by atoms with E-state index in [2.05, 4.69) is 0 Å². The van der Waals surface area contributed by atoms with Gasteiger partial charge in [0, 0.05) is 17.5 Å². The summed E-state index contributed by atoms with van der Waals surface area (Å²) < 4.78 is 28.5. The molecule has 96 valence electrons. The summed E-state index contributed by atoms with van der Waals surface area (Å²) in [7, 11) is -2.93. The second kappa shape index (κ2) is 4.09. The number of hydrogen-bond donors (Lipinski definition) is 0. The maximum Gasteiger partial charge on any atom is 0.163 e. The smallest absolute Gasteiger partial charge is 0.163 e. The lowest BCUT2D eigenvalue weighted by atomic mass is 10.1. The van der Waals surface area contributed by atoms with Crippen molar-refractivity contribution in [1.29, 1.82) is 0 Å². The Balaban J connectivity index is 1.85. The lowest BCUT2D eigenvalue weighted by Crippen LogP contribution is -2.18. The van der Waals surface area contributed by atoms with Gasteiger partial charge in [0.25, 0.3) is 0 Å². The molecule has 0 bridgehead atoms. The van der Waals surface area contributed by atoms with Crippen molar-refractivity contribution in [2.75, 3.05) is 11.5 Å². The predicted octanol–water partition coefficient (Wildman–Crippen LogP) is 1.38. The number of carbonyl (C=O) groups excluding carboxylic acids is 1. The van der Waals surface area contributed by atoms with Crippen LogP contribution in [0.25, 0.3) is 0 Å². The summed E-state index contributed by atoms with van der Waals surface area (Å²) in [5, 5.41) is 0. The van der Waals surface area contributed by atoms with Gasteiger partial charge in [-0.05, 0) is 18.9 Å². The summed E-state index contributed by atoms with van der Waals surface area (Å²) in [6.45, 7) is 0. The second-order valence-corrected chi connectivity index (χ2v) is 7.08. The summed E-state index contributed by atoms with van der Waals surface area (Å²) in [4.78, 5) is 11.6. The van der Waals surface area contributed by atoms with Gasteiger partial charge in [0.2, 0.25) is 0 Å². The highest BCUT2D eigenvalue weighted by Gasteiger charge is 2.31. The fraction of sp³-hybridized carbons (Fsp3) is 0.462. The maximum atomic E-state index is 11.6. The molecular formula is C13H14O4S. The van der Waals surface area contributed by atoms with Crippen LogP contribution in [-0.2, 0) is 16.3 Å². The van der Waals surface area contributed by atoms with E-state index in [0.717, 1.165) is 11.1 Å². The fourth-order valence-electron chi connectivity index (χ4n) is 2.60. The molecule has 0 radical (unpaired) electrons. The first kappa shape index (κ1) is 11.7. The van der Waals surface area contributed by atoms with Crippen molar-refractivity contribution in [1.82, 2.24) is 0 Å². The number of ketones is 1. The second-order valence-electron chi connectivity index (χ2n) is 4.85. The van der Waals surface area contributed by atoms with Crippen molar-refractivity contribution in [2.45, 2.75) is 25.4 Å². The third-order valence-electron chi connectivity index (χ3n) is 3.52. The van der Waals surface area contributed by atoms with Crippen LogP contribution in [-0.4, -0.2) is 31.8 Å². The minimum atomic E-state index is -2.93. The Morgan fingerprint density at radius 2 is 2.06 bits per heavy atom. The third kappa shape index (κ3) is 2.03. The van der Waals surface area contributed by atoms with Gasteiger partial charge < -0.3 is 4.74 Å². The van der Waals surface area contributed by atoms with Crippen LogP contribution in [0.3, 0.4) is 0 Å². The molecule has 1 aliphatic carbocycles. The number of benzene rings is 1. The molecule has 0 aromatic heterocycles. The molecule has 1 fully saturated rings. The Bertz CT molecular complexity index is 603. The molecule has 1 aliphatic heterocycles. The van der Waals surface area contributed by atoms with E-state index in [1.165, 1.54) is 0 Å². The molecule has 4 nitrogen and oxygen atoms in total. The molecule has 1 saturated heterocycles. The zero-order valence-electron chi connectivity index (χ0n) is 9.89. The van der Waals surface area contributed by atoms with Gasteiger partial charge in [0.05, 0.1) is 11.5 Å². The van der Waals surface area contributed by atoms with Gasteiger partial charge in [-0.2, -0.15) is 0 Å². The van der Waals surface area contributed by atoms with Crippen LogP contribution in [0.15, 0.2) is 18.2 Å². The first-order valence-corrected chi connectivity index (χ1v) is 7.89. The minimum absolute atomic E-state index is 0.0879. The fourth-order valence-corrected chi connectivity index (χ4v) is 4.19. The Labute approximate surface area is 106 Å². The summed E-state index contributed by atoms with van der Waals surface area (Å²) in [6, 6.07) is 5.42. The average Bonchev–Trinajstić information content (AvgIpc) is 2.84. The van der Waals surface area contributed by atoms with Gasteiger partial charge in [-0.25, -0.2) is 8.42 Å². The van der Waals surface area contributed by atoms with Gasteiger partial charge >= 0.3 is 0 Å². The van der Waals surface area contributed by atoms with E-state index < -0.39 is 9.84 Å². The van der Waals surface area contributed by atoms with E-state index >= 15 is 0 Å². The molecule has 2 aliphatic rings. The highest BCUT2D eigenvalue weighted by atomic mass is 32.2. The molecule has 5 heteroatoms. The van der Waals surface area contributed by atoms with E-state index in [4.69, 9.17) is 4.74 Å². The van der Waals surface area contributed by atoms with E-state index in [9.17, 15) is 13.2 Å². The summed E-state index contributed by atoms with van der Waals surface area (Å²) in [5.74, 6) is 1.12. The molecule has 1 heterocycles. The van der Waals surface area contributed by atoms with E-state index in [-0.39, 0.29) is 23.4 Å². The first-order chi connectivity index (χ1) is 8.55. The molecule has 1 aromatic carbocycles. The number of Topliss-reactive ketones (excluding diaryl/α,β-unsaturated/α-hetero) is 1. The normalized spacial score (nSPS) is 25.1. The molecule has 0 amide bonds. The summed E-state index contributed by atoms with van der Waals surface area (Å²) >= 11 is 0. The van der Waals surface area contributed by atoms with Crippen LogP contribution in [0.1, 0.15) is 28.8 Å². The molecule has 1 atom stereocenters. The van der Waals surface area contributed by atoms with Gasteiger partial charge in [-0.15, -0.1) is 0 Å². The predicted molar refractivity (Wildman–Crippen MR) is 66.8 cm³/mol. The number of sulfone groups is 1. The summed E-state index contributed by atoms with van der Waals surface area (Å²) in [5.41, 5.74) is 1.67. The van der Waals surface area contributed by atoms with E-state index in [0.29, 0.717) is 25.0 Å². The number of rotatable bonds is 2. The Hall–Kier alpha value is -1.36. The molecule has 1 unspecified atom stereocenters. The number of hydrogen-bond acceptors (Lipinski definition) is 4. The quantitative estimate of drug-likeness (QED) is 0.811. The van der Waals surface area contributed by atoms with Crippen molar-refractivity contribution in [3.63, 3.8) is 0 Å².